The van der Waals surface area contributed by atoms with E-state index in [0.29, 0.717) is 18.7 Å². The lowest BCUT2D eigenvalue weighted by Crippen LogP contribution is -2.33. The van der Waals surface area contributed by atoms with Gasteiger partial charge in [-0.05, 0) is 19.1 Å². The van der Waals surface area contributed by atoms with Crippen LogP contribution in [0.25, 0.3) is 0 Å². The van der Waals surface area contributed by atoms with Crippen molar-refractivity contribution in [2.24, 2.45) is 7.05 Å². The van der Waals surface area contributed by atoms with E-state index in [1.54, 1.807) is 11.1 Å². The average Bonchev–Trinajstić information content (AvgIpc) is 2.92. The van der Waals surface area contributed by atoms with Crippen LogP contribution in [0.15, 0.2) is 41.8 Å². The molecule has 1 amide bonds. The molecule has 2 rings (SSSR count). The van der Waals surface area contributed by atoms with Gasteiger partial charge in [-0.15, -0.1) is 0 Å². The molecule has 0 aliphatic carbocycles. The molecule has 6 heteroatoms. The minimum absolute atomic E-state index is 0.0212. The summed E-state index contributed by atoms with van der Waals surface area (Å²) < 4.78 is 1.88. The predicted molar refractivity (Wildman–Crippen MR) is 87.7 cm³/mol. The SMILES string of the molecule is Cc1ccc(N(CCC#N)C(=O)CSc2nccn2C)cc1. The summed E-state index contributed by atoms with van der Waals surface area (Å²) in [5.74, 6) is 0.275. The normalized spacial score (nSPS) is 10.2. The molecular formula is C16H18N4OS. The van der Waals surface area contributed by atoms with Crippen LogP contribution in [0.2, 0.25) is 0 Å². The summed E-state index contributed by atoms with van der Waals surface area (Å²) in [6.45, 7) is 2.40. The number of anilines is 1. The Morgan fingerprint density at radius 2 is 2.14 bits per heavy atom. The highest BCUT2D eigenvalue weighted by Gasteiger charge is 2.16. The molecule has 5 nitrogen and oxygen atoms in total. The zero-order chi connectivity index (χ0) is 15.9. The second-order valence-corrected chi connectivity index (χ2v) is 5.84. The Kier molecular flexibility index (Phi) is 5.61. The number of amides is 1. The van der Waals surface area contributed by atoms with Crippen molar-refractivity contribution in [3.63, 3.8) is 0 Å². The van der Waals surface area contributed by atoms with Crippen LogP contribution in [0.5, 0.6) is 0 Å². The van der Waals surface area contributed by atoms with Gasteiger partial charge in [-0.1, -0.05) is 29.5 Å². The van der Waals surface area contributed by atoms with Gasteiger partial charge >= 0.3 is 0 Å². The Hall–Kier alpha value is -2.26. The van der Waals surface area contributed by atoms with E-state index in [-0.39, 0.29) is 5.91 Å². The standard InChI is InChI=1S/C16H18N4OS/c1-13-4-6-14(7-5-13)20(10-3-8-17)15(21)12-22-16-18-9-11-19(16)2/h4-7,9,11H,3,10,12H2,1-2H3. The molecule has 0 bridgehead atoms. The van der Waals surface area contributed by atoms with Crippen LogP contribution in [0.1, 0.15) is 12.0 Å². The highest BCUT2D eigenvalue weighted by atomic mass is 32.2. The van der Waals surface area contributed by atoms with Crippen molar-refractivity contribution in [2.75, 3.05) is 17.2 Å². The van der Waals surface area contributed by atoms with Crippen LogP contribution in [-0.2, 0) is 11.8 Å². The number of carbonyl (C=O) groups is 1. The molecular weight excluding hydrogens is 296 g/mol. The van der Waals surface area contributed by atoms with E-state index < -0.39 is 0 Å². The van der Waals surface area contributed by atoms with Crippen molar-refractivity contribution in [1.82, 2.24) is 9.55 Å². The summed E-state index contributed by atoms with van der Waals surface area (Å²) in [7, 11) is 1.90. The second-order valence-electron chi connectivity index (χ2n) is 4.90. The molecule has 114 valence electrons. The Balaban J connectivity index is 2.07. The van der Waals surface area contributed by atoms with Gasteiger partial charge in [0, 0.05) is 31.7 Å². The fraction of sp³-hybridized carbons (Fsp3) is 0.312. The van der Waals surface area contributed by atoms with Crippen LogP contribution in [0.4, 0.5) is 5.69 Å². The number of nitriles is 1. The van der Waals surface area contributed by atoms with E-state index in [9.17, 15) is 4.79 Å². The summed E-state index contributed by atoms with van der Waals surface area (Å²) in [5, 5.41) is 9.60. The monoisotopic (exact) mass is 314 g/mol. The number of hydrogen-bond acceptors (Lipinski definition) is 4. The first-order valence-electron chi connectivity index (χ1n) is 6.96. The van der Waals surface area contributed by atoms with Crippen LogP contribution in [0, 0.1) is 18.3 Å². The number of imidazole rings is 1. The molecule has 0 saturated carbocycles. The number of carbonyl (C=O) groups excluding carboxylic acids is 1. The van der Waals surface area contributed by atoms with Crippen LogP contribution in [-0.4, -0.2) is 27.8 Å². The lowest BCUT2D eigenvalue weighted by atomic mass is 10.2. The molecule has 0 spiro atoms. The maximum absolute atomic E-state index is 12.5. The number of aromatic nitrogens is 2. The van der Waals surface area contributed by atoms with E-state index in [2.05, 4.69) is 11.1 Å². The fourth-order valence-electron chi connectivity index (χ4n) is 1.98. The molecule has 0 saturated heterocycles. The first-order chi connectivity index (χ1) is 10.6. The predicted octanol–water partition coefficient (Wildman–Crippen LogP) is 2.77. The second kappa shape index (κ2) is 7.66. The maximum Gasteiger partial charge on any atom is 0.237 e. The quantitative estimate of drug-likeness (QED) is 0.769. The minimum atomic E-state index is -0.0212. The zero-order valence-electron chi connectivity index (χ0n) is 12.7. The van der Waals surface area contributed by atoms with E-state index in [1.807, 2.05) is 49.0 Å². The third kappa shape index (κ3) is 4.12. The van der Waals surface area contributed by atoms with Crippen molar-refractivity contribution in [1.29, 1.82) is 5.26 Å². The molecule has 22 heavy (non-hydrogen) atoms. The molecule has 1 aromatic carbocycles. The van der Waals surface area contributed by atoms with Crippen molar-refractivity contribution in [3.05, 3.63) is 42.2 Å². The molecule has 0 atom stereocenters. The van der Waals surface area contributed by atoms with Gasteiger partial charge in [0.05, 0.1) is 18.2 Å². The van der Waals surface area contributed by atoms with Crippen molar-refractivity contribution in [3.8, 4) is 6.07 Å². The number of thioether (sulfide) groups is 1. The summed E-state index contributed by atoms with van der Waals surface area (Å²) in [6.07, 6.45) is 3.87. The van der Waals surface area contributed by atoms with Crippen molar-refractivity contribution >= 4 is 23.4 Å². The molecule has 0 fully saturated rings. The van der Waals surface area contributed by atoms with E-state index in [0.717, 1.165) is 16.4 Å². The third-order valence-corrected chi connectivity index (χ3v) is 4.24. The fourth-order valence-corrected chi connectivity index (χ4v) is 2.79. The number of nitrogens with zero attached hydrogens (tertiary/aromatic N) is 4. The Labute approximate surface area is 134 Å². The number of hydrogen-bond donors (Lipinski definition) is 0. The number of rotatable bonds is 6. The molecule has 2 aromatic rings. The van der Waals surface area contributed by atoms with Gasteiger partial charge in [0.1, 0.15) is 0 Å². The molecule has 1 heterocycles. The van der Waals surface area contributed by atoms with Crippen molar-refractivity contribution < 1.29 is 4.79 Å². The largest absolute Gasteiger partial charge is 0.329 e. The van der Waals surface area contributed by atoms with Crippen LogP contribution >= 0.6 is 11.8 Å². The van der Waals surface area contributed by atoms with Gasteiger partial charge in [0.2, 0.25) is 5.91 Å². The average molecular weight is 314 g/mol. The molecule has 0 N–H and O–H groups in total. The third-order valence-electron chi connectivity index (χ3n) is 3.20. The van der Waals surface area contributed by atoms with E-state index in [4.69, 9.17) is 5.26 Å². The lowest BCUT2D eigenvalue weighted by molar-refractivity contribution is -0.116. The van der Waals surface area contributed by atoms with E-state index in [1.165, 1.54) is 11.8 Å². The number of benzene rings is 1. The Bertz CT molecular complexity index is 672. The topological polar surface area (TPSA) is 61.9 Å². The van der Waals surface area contributed by atoms with Gasteiger partial charge in [-0.2, -0.15) is 5.26 Å². The maximum atomic E-state index is 12.5. The molecule has 1 aromatic heterocycles. The van der Waals surface area contributed by atoms with Gasteiger partial charge in [0.15, 0.2) is 5.16 Å². The van der Waals surface area contributed by atoms with Crippen molar-refractivity contribution in [2.45, 2.75) is 18.5 Å². The first kappa shape index (κ1) is 16.1. The first-order valence-corrected chi connectivity index (χ1v) is 7.94. The molecule has 0 unspecified atom stereocenters. The van der Waals surface area contributed by atoms with Crippen LogP contribution < -0.4 is 4.90 Å². The smallest absolute Gasteiger partial charge is 0.237 e. The Morgan fingerprint density at radius 3 is 2.73 bits per heavy atom. The summed E-state index contributed by atoms with van der Waals surface area (Å²) in [5.41, 5.74) is 1.96. The highest BCUT2D eigenvalue weighted by Crippen LogP contribution is 2.20. The zero-order valence-corrected chi connectivity index (χ0v) is 13.5. The molecule has 0 aliphatic heterocycles. The molecule has 0 aliphatic rings. The van der Waals surface area contributed by atoms with Gasteiger partial charge < -0.3 is 9.47 Å². The van der Waals surface area contributed by atoms with Gasteiger partial charge in [-0.3, -0.25) is 4.79 Å². The summed E-state index contributed by atoms with van der Waals surface area (Å²) in [6, 6.07) is 9.85. The van der Waals surface area contributed by atoms with Crippen LogP contribution in [0.3, 0.4) is 0 Å². The number of aryl methyl sites for hydroxylation is 2. The van der Waals surface area contributed by atoms with Gasteiger partial charge in [0.25, 0.3) is 0 Å². The lowest BCUT2D eigenvalue weighted by Gasteiger charge is -2.21. The molecule has 0 radical (unpaired) electrons. The van der Waals surface area contributed by atoms with E-state index >= 15 is 0 Å². The Morgan fingerprint density at radius 1 is 1.41 bits per heavy atom. The minimum Gasteiger partial charge on any atom is -0.329 e. The summed E-state index contributed by atoms with van der Waals surface area (Å²) >= 11 is 1.40. The highest BCUT2D eigenvalue weighted by molar-refractivity contribution is 7.99. The summed E-state index contributed by atoms with van der Waals surface area (Å²) in [4.78, 5) is 18.4. The van der Waals surface area contributed by atoms with Gasteiger partial charge in [-0.25, -0.2) is 4.98 Å².